The highest BCUT2D eigenvalue weighted by Crippen LogP contribution is 2.17. The average Bonchev–Trinajstić information content (AvgIpc) is 2.61. The van der Waals surface area contributed by atoms with Gasteiger partial charge in [0.25, 0.3) is 5.56 Å². The molecule has 0 saturated heterocycles. The van der Waals surface area contributed by atoms with E-state index < -0.39 is 17.1 Å². The van der Waals surface area contributed by atoms with Gasteiger partial charge in [0.05, 0.1) is 17.1 Å². The van der Waals surface area contributed by atoms with Crippen molar-refractivity contribution >= 4 is 11.4 Å². The van der Waals surface area contributed by atoms with Crippen molar-refractivity contribution in [3.8, 4) is 11.6 Å². The highest BCUT2D eigenvalue weighted by atomic mass is 16.3. The molecule has 0 unspecified atom stereocenters. The van der Waals surface area contributed by atoms with Gasteiger partial charge in [0.2, 0.25) is 5.88 Å². The number of hydrazone groups is 1. The first-order chi connectivity index (χ1) is 12.1. The number of aromatic amines is 1. The summed E-state index contributed by atoms with van der Waals surface area (Å²) >= 11 is 0. The van der Waals surface area contributed by atoms with Crippen molar-refractivity contribution in [2.24, 2.45) is 5.10 Å². The number of benzene rings is 2. The Morgan fingerprint density at radius 3 is 2.28 bits per heavy atom. The normalized spacial score (nSPS) is 11.3. The molecule has 3 rings (SSSR count). The molecule has 0 radical (unpaired) electrons. The molecule has 1 aromatic heterocycles. The van der Waals surface area contributed by atoms with Crippen LogP contribution in [0.5, 0.6) is 5.88 Å². The van der Waals surface area contributed by atoms with Crippen LogP contribution in [0.3, 0.4) is 0 Å². The van der Waals surface area contributed by atoms with Gasteiger partial charge in [0.1, 0.15) is 5.56 Å². The molecule has 25 heavy (non-hydrogen) atoms. The van der Waals surface area contributed by atoms with Gasteiger partial charge in [0.15, 0.2) is 0 Å². The maximum absolute atomic E-state index is 12.2. The molecule has 2 aromatic carbocycles. The van der Waals surface area contributed by atoms with Crippen LogP contribution in [-0.2, 0) is 0 Å². The van der Waals surface area contributed by atoms with Gasteiger partial charge < -0.3 is 5.11 Å². The molecule has 0 fully saturated rings. The minimum atomic E-state index is -0.721. The van der Waals surface area contributed by atoms with Gasteiger partial charge in [-0.3, -0.25) is 15.2 Å². The molecule has 3 N–H and O–H groups in total. The fourth-order valence-electron chi connectivity index (χ4n) is 2.38. The molecule has 0 bridgehead atoms. The van der Waals surface area contributed by atoms with E-state index in [2.05, 4.69) is 15.5 Å². The van der Waals surface area contributed by atoms with Crippen molar-refractivity contribution in [3.63, 3.8) is 0 Å². The molecule has 0 saturated carbocycles. The second-order valence-electron chi connectivity index (χ2n) is 5.30. The van der Waals surface area contributed by atoms with Crippen LogP contribution in [0.25, 0.3) is 5.69 Å². The molecule has 0 aliphatic heterocycles. The number of rotatable bonds is 4. The number of H-pyrrole nitrogens is 1. The zero-order valence-corrected chi connectivity index (χ0v) is 13.4. The Kier molecular flexibility index (Phi) is 4.47. The molecule has 0 atom stereocenters. The van der Waals surface area contributed by atoms with E-state index in [9.17, 15) is 14.7 Å². The minimum Gasteiger partial charge on any atom is -0.493 e. The number of hydrogen-bond acceptors (Lipinski definition) is 5. The van der Waals surface area contributed by atoms with Crippen LogP contribution in [0.15, 0.2) is 75.4 Å². The molecule has 0 aliphatic rings. The minimum absolute atomic E-state index is 0.0770. The van der Waals surface area contributed by atoms with Crippen molar-refractivity contribution < 1.29 is 5.11 Å². The van der Waals surface area contributed by atoms with E-state index in [1.807, 2.05) is 30.3 Å². The number of anilines is 1. The van der Waals surface area contributed by atoms with Gasteiger partial charge in [-0.15, -0.1) is 0 Å². The fourth-order valence-corrected chi connectivity index (χ4v) is 2.38. The highest BCUT2D eigenvalue weighted by molar-refractivity contribution is 6.00. The lowest BCUT2D eigenvalue weighted by Crippen LogP contribution is -2.32. The Labute approximate surface area is 142 Å². The summed E-state index contributed by atoms with van der Waals surface area (Å²) in [6.45, 7) is 1.57. The van der Waals surface area contributed by atoms with Crippen molar-refractivity contribution in [1.29, 1.82) is 0 Å². The largest absolute Gasteiger partial charge is 0.493 e. The summed E-state index contributed by atoms with van der Waals surface area (Å²) in [6.07, 6.45) is 0. The van der Waals surface area contributed by atoms with Crippen LogP contribution in [0, 0.1) is 0 Å². The summed E-state index contributed by atoms with van der Waals surface area (Å²) in [5.74, 6) is -0.462. The second kappa shape index (κ2) is 6.88. The molecule has 7 nitrogen and oxygen atoms in total. The molecule has 0 aliphatic carbocycles. The van der Waals surface area contributed by atoms with Crippen LogP contribution in [0.4, 0.5) is 5.69 Å². The smallest absolute Gasteiger partial charge is 0.335 e. The van der Waals surface area contributed by atoms with Gasteiger partial charge in [-0.2, -0.15) is 5.10 Å². The topological polar surface area (TPSA) is 99.5 Å². The lowest BCUT2D eigenvalue weighted by atomic mass is 10.2. The van der Waals surface area contributed by atoms with Gasteiger partial charge in [0, 0.05) is 0 Å². The van der Waals surface area contributed by atoms with E-state index in [1.54, 1.807) is 37.3 Å². The van der Waals surface area contributed by atoms with Gasteiger partial charge in [-0.05, 0) is 31.2 Å². The number of aromatic hydroxyl groups is 1. The maximum Gasteiger partial charge on any atom is 0.335 e. The van der Waals surface area contributed by atoms with Gasteiger partial charge in [-0.1, -0.05) is 36.4 Å². The lowest BCUT2D eigenvalue weighted by molar-refractivity contribution is 0.429. The van der Waals surface area contributed by atoms with Gasteiger partial charge in [-0.25, -0.2) is 9.36 Å². The second-order valence-corrected chi connectivity index (χ2v) is 5.30. The van der Waals surface area contributed by atoms with Crippen molar-refractivity contribution in [2.45, 2.75) is 6.92 Å². The summed E-state index contributed by atoms with van der Waals surface area (Å²) in [5, 5.41) is 14.6. The van der Waals surface area contributed by atoms with E-state index in [0.29, 0.717) is 5.69 Å². The molecule has 0 amide bonds. The number of nitrogens with one attached hydrogen (secondary N) is 2. The van der Waals surface area contributed by atoms with Crippen molar-refractivity contribution in [2.75, 3.05) is 5.43 Å². The monoisotopic (exact) mass is 336 g/mol. The lowest BCUT2D eigenvalue weighted by Gasteiger charge is -2.11. The Morgan fingerprint density at radius 2 is 1.64 bits per heavy atom. The molecule has 1 heterocycles. The zero-order chi connectivity index (χ0) is 17.8. The maximum atomic E-state index is 12.2. The number of hydrogen-bond donors (Lipinski definition) is 3. The summed E-state index contributed by atoms with van der Waals surface area (Å²) in [6, 6.07) is 17.7. The van der Waals surface area contributed by atoms with Crippen LogP contribution >= 0.6 is 0 Å². The van der Waals surface area contributed by atoms with Crippen LogP contribution in [0.1, 0.15) is 12.5 Å². The van der Waals surface area contributed by atoms with Crippen LogP contribution in [0.2, 0.25) is 0 Å². The number of nitrogens with zero attached hydrogens (tertiary/aromatic N) is 2. The predicted molar refractivity (Wildman–Crippen MR) is 96.6 cm³/mol. The molecule has 126 valence electrons. The SMILES string of the molecule is C/C(=N\Nc1ccccc1)c1c(O)n(-c2ccccc2)c(=O)[nH]c1=O. The third kappa shape index (κ3) is 3.35. The Balaban J connectivity index is 2.07. The molecular formula is C18H16N4O3. The molecular weight excluding hydrogens is 320 g/mol. The quantitative estimate of drug-likeness (QED) is 0.501. The predicted octanol–water partition coefficient (Wildman–Crippen LogP) is 2.07. The van der Waals surface area contributed by atoms with E-state index >= 15 is 0 Å². The first-order valence-electron chi connectivity index (χ1n) is 7.57. The van der Waals surface area contributed by atoms with Crippen LogP contribution in [-0.4, -0.2) is 20.4 Å². The summed E-state index contributed by atoms with van der Waals surface area (Å²) in [4.78, 5) is 26.5. The molecule has 3 aromatic rings. The highest BCUT2D eigenvalue weighted by Gasteiger charge is 2.17. The average molecular weight is 336 g/mol. The van der Waals surface area contributed by atoms with E-state index in [-0.39, 0.29) is 11.3 Å². The summed E-state index contributed by atoms with van der Waals surface area (Å²) in [7, 11) is 0. The van der Waals surface area contributed by atoms with Crippen molar-refractivity contribution in [3.05, 3.63) is 87.1 Å². The Morgan fingerprint density at radius 1 is 1.04 bits per heavy atom. The molecule has 0 spiro atoms. The Hall–Kier alpha value is -3.61. The van der Waals surface area contributed by atoms with Gasteiger partial charge >= 0.3 is 5.69 Å². The summed E-state index contributed by atoms with van der Waals surface area (Å²) < 4.78 is 1.03. The number of para-hydroxylation sites is 2. The number of aromatic nitrogens is 2. The first-order valence-corrected chi connectivity index (χ1v) is 7.57. The Bertz CT molecular complexity index is 1020. The first kappa shape index (κ1) is 16.3. The van der Waals surface area contributed by atoms with E-state index in [0.717, 1.165) is 10.3 Å². The fraction of sp³-hybridized carbons (Fsp3) is 0.0556. The molecule has 7 heteroatoms. The standard InChI is InChI=1S/C18H16N4O3/c1-12(20-21-13-8-4-2-5-9-13)15-16(23)19-18(25)22(17(15)24)14-10-6-3-7-11-14/h2-11,21,24H,1H3,(H,19,23,25)/b20-12+. The third-order valence-electron chi connectivity index (χ3n) is 3.59. The van der Waals surface area contributed by atoms with E-state index in [1.165, 1.54) is 0 Å². The van der Waals surface area contributed by atoms with E-state index in [4.69, 9.17) is 0 Å². The summed E-state index contributed by atoms with van der Waals surface area (Å²) in [5.41, 5.74) is 2.72. The third-order valence-corrected chi connectivity index (χ3v) is 3.59. The van der Waals surface area contributed by atoms with Crippen molar-refractivity contribution in [1.82, 2.24) is 9.55 Å². The van der Waals surface area contributed by atoms with Crippen LogP contribution < -0.4 is 16.7 Å². The zero-order valence-electron chi connectivity index (χ0n) is 13.4.